The van der Waals surface area contributed by atoms with Crippen molar-refractivity contribution in [2.75, 3.05) is 13.7 Å². The molecule has 20 heavy (non-hydrogen) atoms. The quantitative estimate of drug-likeness (QED) is 0.801. The van der Waals surface area contributed by atoms with E-state index < -0.39 is 0 Å². The standard InChI is InChI=1S/C16H21NO2S/c1-3-8-19-15-7-6-13(10-16(15)18-2)11-17-12-14-5-4-9-20-14/h4-7,9-10,17H,3,8,11-12H2,1-2H3. The van der Waals surface area contributed by atoms with Gasteiger partial charge in [0.05, 0.1) is 13.7 Å². The summed E-state index contributed by atoms with van der Waals surface area (Å²) in [5.74, 6) is 1.62. The van der Waals surface area contributed by atoms with E-state index in [-0.39, 0.29) is 0 Å². The minimum atomic E-state index is 0.715. The molecule has 1 aromatic carbocycles. The van der Waals surface area contributed by atoms with Crippen LogP contribution in [0.1, 0.15) is 23.8 Å². The van der Waals surface area contributed by atoms with Crippen molar-refractivity contribution in [1.29, 1.82) is 0 Å². The maximum atomic E-state index is 5.65. The molecular weight excluding hydrogens is 270 g/mol. The van der Waals surface area contributed by atoms with Crippen LogP contribution in [-0.2, 0) is 13.1 Å². The SMILES string of the molecule is CCCOc1ccc(CNCc2cccs2)cc1OC. The molecule has 0 unspecified atom stereocenters. The van der Waals surface area contributed by atoms with Gasteiger partial charge in [-0.15, -0.1) is 11.3 Å². The lowest BCUT2D eigenvalue weighted by Gasteiger charge is -2.12. The molecule has 0 bridgehead atoms. The van der Waals surface area contributed by atoms with Crippen LogP contribution in [0.25, 0.3) is 0 Å². The average molecular weight is 291 g/mol. The number of methoxy groups -OCH3 is 1. The van der Waals surface area contributed by atoms with Crippen LogP contribution < -0.4 is 14.8 Å². The molecule has 0 saturated heterocycles. The van der Waals surface area contributed by atoms with Gasteiger partial charge in [0.15, 0.2) is 11.5 Å². The smallest absolute Gasteiger partial charge is 0.161 e. The normalized spacial score (nSPS) is 10.5. The Hall–Kier alpha value is -1.52. The van der Waals surface area contributed by atoms with Crippen molar-refractivity contribution >= 4 is 11.3 Å². The van der Waals surface area contributed by atoms with Crippen LogP contribution in [0.15, 0.2) is 35.7 Å². The van der Waals surface area contributed by atoms with Crippen LogP contribution in [-0.4, -0.2) is 13.7 Å². The highest BCUT2D eigenvalue weighted by molar-refractivity contribution is 7.09. The second-order valence-electron chi connectivity index (χ2n) is 4.52. The second-order valence-corrected chi connectivity index (χ2v) is 5.55. The van der Waals surface area contributed by atoms with E-state index >= 15 is 0 Å². The van der Waals surface area contributed by atoms with Crippen LogP contribution in [0.5, 0.6) is 11.5 Å². The largest absolute Gasteiger partial charge is 0.493 e. The molecular formula is C16H21NO2S. The molecule has 0 aliphatic heterocycles. The summed E-state index contributed by atoms with van der Waals surface area (Å²) in [4.78, 5) is 1.35. The predicted molar refractivity (Wildman–Crippen MR) is 83.6 cm³/mol. The maximum absolute atomic E-state index is 5.65. The molecule has 0 fully saturated rings. The molecule has 0 radical (unpaired) electrons. The van der Waals surface area contributed by atoms with E-state index in [9.17, 15) is 0 Å². The fourth-order valence-corrected chi connectivity index (χ4v) is 2.57. The molecule has 0 aliphatic carbocycles. The first-order valence-electron chi connectivity index (χ1n) is 6.86. The Morgan fingerprint density at radius 1 is 1.15 bits per heavy atom. The molecule has 0 atom stereocenters. The van der Waals surface area contributed by atoms with E-state index in [0.717, 1.165) is 31.0 Å². The number of rotatable bonds is 8. The Morgan fingerprint density at radius 2 is 2.05 bits per heavy atom. The molecule has 2 aromatic rings. The summed E-state index contributed by atoms with van der Waals surface area (Å²) < 4.78 is 11.0. The number of nitrogens with one attached hydrogen (secondary N) is 1. The van der Waals surface area contributed by atoms with Gasteiger partial charge in [0.1, 0.15) is 0 Å². The van der Waals surface area contributed by atoms with E-state index in [2.05, 4.69) is 35.8 Å². The summed E-state index contributed by atoms with van der Waals surface area (Å²) in [5.41, 5.74) is 1.20. The number of ether oxygens (including phenoxy) is 2. The monoisotopic (exact) mass is 291 g/mol. The lowest BCUT2D eigenvalue weighted by Crippen LogP contribution is -2.11. The zero-order valence-corrected chi connectivity index (χ0v) is 12.8. The van der Waals surface area contributed by atoms with Gasteiger partial charge in [0.25, 0.3) is 0 Å². The van der Waals surface area contributed by atoms with Crippen molar-refractivity contribution in [3.8, 4) is 11.5 Å². The van der Waals surface area contributed by atoms with Crippen LogP contribution >= 0.6 is 11.3 Å². The second kappa shape index (κ2) is 7.92. The Kier molecular flexibility index (Phi) is 5.89. The highest BCUT2D eigenvalue weighted by Crippen LogP contribution is 2.28. The summed E-state index contributed by atoms with van der Waals surface area (Å²) in [6.45, 7) is 4.53. The van der Waals surface area contributed by atoms with E-state index in [1.54, 1.807) is 18.4 Å². The van der Waals surface area contributed by atoms with Crippen molar-refractivity contribution in [3.05, 3.63) is 46.2 Å². The number of hydrogen-bond donors (Lipinski definition) is 1. The van der Waals surface area contributed by atoms with Crippen molar-refractivity contribution in [2.24, 2.45) is 0 Å². The third-order valence-corrected chi connectivity index (χ3v) is 3.77. The zero-order valence-electron chi connectivity index (χ0n) is 12.0. The van der Waals surface area contributed by atoms with Gasteiger partial charge in [-0.05, 0) is 35.6 Å². The van der Waals surface area contributed by atoms with E-state index in [1.807, 2.05) is 12.1 Å². The zero-order chi connectivity index (χ0) is 14.2. The molecule has 1 N–H and O–H groups in total. The van der Waals surface area contributed by atoms with Gasteiger partial charge < -0.3 is 14.8 Å². The average Bonchev–Trinajstić information content (AvgIpc) is 2.99. The van der Waals surface area contributed by atoms with Crippen molar-refractivity contribution in [2.45, 2.75) is 26.4 Å². The maximum Gasteiger partial charge on any atom is 0.161 e. The molecule has 0 aliphatic rings. The van der Waals surface area contributed by atoms with Crippen LogP contribution in [0.3, 0.4) is 0 Å². The molecule has 108 valence electrons. The summed E-state index contributed by atoms with van der Waals surface area (Å²) >= 11 is 1.77. The summed E-state index contributed by atoms with van der Waals surface area (Å²) in [6, 6.07) is 10.3. The van der Waals surface area contributed by atoms with Gasteiger partial charge in [-0.1, -0.05) is 19.1 Å². The van der Waals surface area contributed by atoms with E-state index in [0.29, 0.717) is 6.61 Å². The molecule has 1 heterocycles. The fraction of sp³-hybridized carbons (Fsp3) is 0.375. The van der Waals surface area contributed by atoms with Gasteiger partial charge in [-0.2, -0.15) is 0 Å². The van der Waals surface area contributed by atoms with Crippen LogP contribution in [0.4, 0.5) is 0 Å². The Balaban J connectivity index is 1.91. The number of hydrogen-bond acceptors (Lipinski definition) is 4. The molecule has 3 nitrogen and oxygen atoms in total. The van der Waals surface area contributed by atoms with Gasteiger partial charge in [-0.3, -0.25) is 0 Å². The molecule has 0 amide bonds. The molecule has 1 aromatic heterocycles. The van der Waals surface area contributed by atoms with E-state index in [4.69, 9.17) is 9.47 Å². The van der Waals surface area contributed by atoms with Crippen molar-refractivity contribution in [3.63, 3.8) is 0 Å². The lowest BCUT2D eigenvalue weighted by molar-refractivity contribution is 0.294. The molecule has 0 saturated carbocycles. The third kappa shape index (κ3) is 4.25. The van der Waals surface area contributed by atoms with Gasteiger partial charge in [-0.25, -0.2) is 0 Å². The van der Waals surface area contributed by atoms with E-state index in [1.165, 1.54) is 10.4 Å². The summed E-state index contributed by atoms with van der Waals surface area (Å²) in [7, 11) is 1.68. The third-order valence-electron chi connectivity index (χ3n) is 2.90. The predicted octanol–water partition coefficient (Wildman–Crippen LogP) is 3.84. The molecule has 0 spiro atoms. The number of benzene rings is 1. The first-order valence-corrected chi connectivity index (χ1v) is 7.74. The first kappa shape index (κ1) is 14.9. The molecule has 2 rings (SSSR count). The van der Waals surface area contributed by atoms with Crippen molar-refractivity contribution < 1.29 is 9.47 Å². The van der Waals surface area contributed by atoms with Gasteiger partial charge in [0, 0.05) is 18.0 Å². The van der Waals surface area contributed by atoms with Gasteiger partial charge in [0.2, 0.25) is 0 Å². The Labute approximate surface area is 124 Å². The first-order chi connectivity index (χ1) is 9.83. The summed E-state index contributed by atoms with van der Waals surface area (Å²) in [6.07, 6.45) is 0.993. The minimum Gasteiger partial charge on any atom is -0.493 e. The lowest BCUT2D eigenvalue weighted by atomic mass is 10.2. The fourth-order valence-electron chi connectivity index (χ4n) is 1.90. The highest BCUT2D eigenvalue weighted by atomic mass is 32.1. The highest BCUT2D eigenvalue weighted by Gasteiger charge is 2.05. The van der Waals surface area contributed by atoms with Crippen LogP contribution in [0, 0.1) is 0 Å². The Bertz CT molecular complexity index is 511. The van der Waals surface area contributed by atoms with Gasteiger partial charge >= 0.3 is 0 Å². The molecule has 4 heteroatoms. The Morgan fingerprint density at radius 3 is 2.75 bits per heavy atom. The summed E-state index contributed by atoms with van der Waals surface area (Å²) in [5, 5.41) is 5.53. The number of thiophene rings is 1. The topological polar surface area (TPSA) is 30.5 Å². The van der Waals surface area contributed by atoms with Crippen molar-refractivity contribution in [1.82, 2.24) is 5.32 Å². The minimum absolute atomic E-state index is 0.715. The van der Waals surface area contributed by atoms with Crippen LogP contribution in [0.2, 0.25) is 0 Å².